The third-order valence-electron chi connectivity index (χ3n) is 4.82. The molecule has 6 heteroatoms. The Morgan fingerprint density at radius 3 is 2.85 bits per heavy atom. The minimum absolute atomic E-state index is 0.0680. The van der Waals surface area contributed by atoms with E-state index in [1.807, 2.05) is 18.2 Å². The van der Waals surface area contributed by atoms with Crippen molar-refractivity contribution >= 4 is 17.0 Å². The molecule has 0 radical (unpaired) electrons. The molecule has 27 heavy (non-hydrogen) atoms. The van der Waals surface area contributed by atoms with Crippen molar-refractivity contribution in [2.75, 3.05) is 19.8 Å². The van der Waals surface area contributed by atoms with Crippen LogP contribution in [0.4, 0.5) is 0 Å². The van der Waals surface area contributed by atoms with Gasteiger partial charge >= 0.3 is 5.76 Å². The lowest BCUT2D eigenvalue weighted by molar-refractivity contribution is -0.121. The predicted molar refractivity (Wildman–Crippen MR) is 107 cm³/mol. The summed E-state index contributed by atoms with van der Waals surface area (Å²) in [7, 11) is 0. The Bertz CT molecular complexity index is 750. The van der Waals surface area contributed by atoms with E-state index < -0.39 is 5.76 Å². The summed E-state index contributed by atoms with van der Waals surface area (Å²) in [4.78, 5) is 23.9. The van der Waals surface area contributed by atoms with Crippen LogP contribution < -0.4 is 11.1 Å². The number of unbranched alkanes of at least 4 members (excludes halogenated alkanes) is 1. The molecule has 0 bridgehead atoms. The van der Waals surface area contributed by atoms with Crippen LogP contribution in [0.5, 0.6) is 0 Å². The second-order valence-corrected chi connectivity index (χ2v) is 6.93. The van der Waals surface area contributed by atoms with Crippen molar-refractivity contribution in [2.24, 2.45) is 5.92 Å². The molecule has 0 aliphatic heterocycles. The second-order valence-electron chi connectivity index (χ2n) is 6.93. The second kappa shape index (κ2) is 11.6. The van der Waals surface area contributed by atoms with Gasteiger partial charge in [0.2, 0.25) is 5.91 Å². The Labute approximate surface area is 160 Å². The van der Waals surface area contributed by atoms with Crippen molar-refractivity contribution in [2.45, 2.75) is 58.9 Å². The van der Waals surface area contributed by atoms with Crippen LogP contribution in [0.3, 0.4) is 0 Å². The van der Waals surface area contributed by atoms with E-state index in [1.54, 1.807) is 6.07 Å². The van der Waals surface area contributed by atoms with Gasteiger partial charge in [0.1, 0.15) is 0 Å². The molecule has 0 aliphatic carbocycles. The number of nitrogens with zero attached hydrogens (tertiary/aromatic N) is 1. The largest absolute Gasteiger partial charge is 0.419 e. The molecule has 6 nitrogen and oxygen atoms in total. The minimum Gasteiger partial charge on any atom is -0.408 e. The minimum atomic E-state index is -0.425. The lowest BCUT2D eigenvalue weighted by Crippen LogP contribution is -2.27. The summed E-state index contributed by atoms with van der Waals surface area (Å²) in [5, 5.41) is 2.88. The number of carbonyl (C=O) groups is 1. The average molecular weight is 376 g/mol. The van der Waals surface area contributed by atoms with Crippen LogP contribution in [0.1, 0.15) is 52.4 Å². The van der Waals surface area contributed by atoms with Gasteiger partial charge in [0.25, 0.3) is 0 Å². The molecule has 150 valence electrons. The van der Waals surface area contributed by atoms with Crippen molar-refractivity contribution in [1.82, 2.24) is 9.88 Å². The van der Waals surface area contributed by atoms with Gasteiger partial charge in [-0.3, -0.25) is 9.36 Å². The number of rotatable bonds is 13. The van der Waals surface area contributed by atoms with Gasteiger partial charge in [-0.05, 0) is 30.9 Å². The highest BCUT2D eigenvalue weighted by atomic mass is 16.5. The topological polar surface area (TPSA) is 73.5 Å². The lowest BCUT2D eigenvalue weighted by atomic mass is 10.0. The van der Waals surface area contributed by atoms with Crippen LogP contribution >= 0.6 is 0 Å². The first-order chi connectivity index (χ1) is 13.2. The number of aromatic nitrogens is 1. The zero-order chi connectivity index (χ0) is 19.5. The smallest absolute Gasteiger partial charge is 0.408 e. The molecular formula is C21H32N2O4. The number of hydrogen-bond acceptors (Lipinski definition) is 4. The maximum Gasteiger partial charge on any atom is 0.419 e. The summed E-state index contributed by atoms with van der Waals surface area (Å²) in [6.45, 7) is 6.79. The maximum atomic E-state index is 12.0. The summed E-state index contributed by atoms with van der Waals surface area (Å²) < 4.78 is 12.4. The summed E-state index contributed by atoms with van der Waals surface area (Å²) in [5.74, 6) is 0.148. The summed E-state index contributed by atoms with van der Waals surface area (Å²) in [6.07, 6.45) is 5.91. The molecule has 0 fully saturated rings. The van der Waals surface area contributed by atoms with Gasteiger partial charge in [0.05, 0.1) is 5.52 Å². The van der Waals surface area contributed by atoms with E-state index in [0.717, 1.165) is 25.0 Å². The van der Waals surface area contributed by atoms with Gasteiger partial charge in [-0.15, -0.1) is 0 Å². The highest BCUT2D eigenvalue weighted by Crippen LogP contribution is 2.13. The monoisotopic (exact) mass is 376 g/mol. The quantitative estimate of drug-likeness (QED) is 0.541. The van der Waals surface area contributed by atoms with Crippen molar-refractivity contribution in [1.29, 1.82) is 0 Å². The molecule has 2 aromatic rings. The lowest BCUT2D eigenvalue weighted by Gasteiger charge is -2.14. The van der Waals surface area contributed by atoms with Crippen LogP contribution in [0.2, 0.25) is 0 Å². The van der Waals surface area contributed by atoms with Gasteiger partial charge in [0.15, 0.2) is 5.58 Å². The Morgan fingerprint density at radius 1 is 1.26 bits per heavy atom. The third-order valence-corrected chi connectivity index (χ3v) is 4.82. The van der Waals surface area contributed by atoms with E-state index in [1.165, 1.54) is 23.8 Å². The maximum absolute atomic E-state index is 12.0. The first-order valence-corrected chi connectivity index (χ1v) is 10.1. The van der Waals surface area contributed by atoms with Crippen molar-refractivity contribution in [3.05, 3.63) is 34.8 Å². The molecule has 0 saturated carbocycles. The molecular weight excluding hydrogens is 344 g/mol. The summed E-state index contributed by atoms with van der Waals surface area (Å²) in [5.41, 5.74) is 1.27. The Hall–Kier alpha value is -2.08. The van der Waals surface area contributed by atoms with Crippen LogP contribution in [-0.4, -0.2) is 30.2 Å². The summed E-state index contributed by atoms with van der Waals surface area (Å²) in [6, 6.07) is 7.23. The van der Waals surface area contributed by atoms with Crippen LogP contribution in [0.15, 0.2) is 33.5 Å². The first-order valence-electron chi connectivity index (χ1n) is 10.1. The average Bonchev–Trinajstić information content (AvgIpc) is 3.00. The molecule has 0 saturated heterocycles. The number of benzene rings is 1. The fraction of sp³-hybridized carbons (Fsp3) is 0.619. The zero-order valence-electron chi connectivity index (χ0n) is 16.5. The molecule has 1 amide bonds. The number of amides is 1. The number of carbonyl (C=O) groups excluding carboxylic acids is 1. The first kappa shape index (κ1) is 21.2. The third kappa shape index (κ3) is 6.86. The highest BCUT2D eigenvalue weighted by molar-refractivity contribution is 5.76. The van der Waals surface area contributed by atoms with Crippen molar-refractivity contribution < 1.29 is 13.9 Å². The Balaban J connectivity index is 1.61. The molecule has 1 aromatic heterocycles. The normalized spacial score (nSPS) is 12.4. The van der Waals surface area contributed by atoms with Crippen LogP contribution in [0, 0.1) is 5.92 Å². The van der Waals surface area contributed by atoms with E-state index in [2.05, 4.69) is 19.2 Å². The van der Waals surface area contributed by atoms with E-state index in [9.17, 15) is 9.59 Å². The van der Waals surface area contributed by atoms with E-state index >= 15 is 0 Å². The molecule has 0 aliphatic rings. The van der Waals surface area contributed by atoms with Crippen LogP contribution in [-0.2, 0) is 16.1 Å². The number of ether oxygens (including phenoxy) is 1. The van der Waals surface area contributed by atoms with Gasteiger partial charge in [-0.25, -0.2) is 4.79 Å². The van der Waals surface area contributed by atoms with Crippen molar-refractivity contribution in [3.63, 3.8) is 0 Å². The van der Waals surface area contributed by atoms with Gasteiger partial charge in [-0.1, -0.05) is 45.2 Å². The molecule has 1 heterocycles. The molecule has 0 spiro atoms. The summed E-state index contributed by atoms with van der Waals surface area (Å²) >= 11 is 0. The number of para-hydroxylation sites is 2. The van der Waals surface area contributed by atoms with Gasteiger partial charge in [-0.2, -0.15) is 0 Å². The molecule has 1 aromatic carbocycles. The molecule has 1 atom stereocenters. The van der Waals surface area contributed by atoms with Crippen LogP contribution in [0.25, 0.3) is 11.1 Å². The number of oxazole rings is 1. The Kier molecular flexibility index (Phi) is 9.11. The van der Waals surface area contributed by atoms with E-state index in [0.29, 0.717) is 31.2 Å². The Morgan fingerprint density at radius 2 is 2.07 bits per heavy atom. The zero-order valence-corrected chi connectivity index (χ0v) is 16.5. The highest BCUT2D eigenvalue weighted by Gasteiger charge is 2.10. The predicted octanol–water partition coefficient (Wildman–Crippen LogP) is 3.72. The van der Waals surface area contributed by atoms with Gasteiger partial charge < -0.3 is 14.5 Å². The SMILES string of the molecule is CCCCC(CC)COCCCNC(=O)CCn1c(=O)oc2ccccc21. The fourth-order valence-corrected chi connectivity index (χ4v) is 3.08. The van der Waals surface area contributed by atoms with E-state index in [4.69, 9.17) is 9.15 Å². The number of aryl methyl sites for hydroxylation is 1. The fourth-order valence-electron chi connectivity index (χ4n) is 3.08. The number of fused-ring (bicyclic) bond motifs is 1. The standard InChI is InChI=1S/C21H32N2O4/c1-3-5-9-17(4-2)16-26-15-8-13-22-20(24)12-14-23-18-10-6-7-11-19(18)27-21(23)25/h6-7,10-11,17H,3-5,8-9,12-16H2,1-2H3,(H,22,24). The van der Waals surface area contributed by atoms with Crippen molar-refractivity contribution in [3.8, 4) is 0 Å². The van der Waals surface area contributed by atoms with Gasteiger partial charge in [0, 0.05) is 32.7 Å². The molecule has 1 N–H and O–H groups in total. The number of hydrogen-bond donors (Lipinski definition) is 1. The number of nitrogens with one attached hydrogen (secondary N) is 1. The van der Waals surface area contributed by atoms with E-state index in [-0.39, 0.29) is 12.3 Å². The molecule has 1 unspecified atom stereocenters. The molecule has 2 rings (SSSR count).